The van der Waals surface area contributed by atoms with E-state index in [0.717, 1.165) is 18.8 Å². The lowest BCUT2D eigenvalue weighted by atomic mass is 9.84. The molecule has 2 atom stereocenters. The third-order valence-corrected chi connectivity index (χ3v) is 3.55. The van der Waals surface area contributed by atoms with Gasteiger partial charge >= 0.3 is 0 Å². The average molecular weight is 254 g/mol. The lowest BCUT2D eigenvalue weighted by molar-refractivity contribution is 0.121. The Morgan fingerprint density at radius 2 is 1.78 bits per heavy atom. The lowest BCUT2D eigenvalue weighted by Crippen LogP contribution is -2.46. The minimum Gasteiger partial charge on any atom is -0.387 e. The quantitative estimate of drug-likeness (QED) is 0.612. The summed E-state index contributed by atoms with van der Waals surface area (Å²) in [6.07, 6.45) is 3.42. The maximum absolute atomic E-state index is 9.83. The molecule has 0 saturated carbocycles. The molecule has 18 heavy (non-hydrogen) atoms. The van der Waals surface area contributed by atoms with Crippen LogP contribution in [0.25, 0.3) is 0 Å². The Balaban J connectivity index is 2.26. The fraction of sp³-hybridized carbons (Fsp3) is 0.867. The van der Waals surface area contributed by atoms with Gasteiger partial charge in [0, 0.05) is 24.7 Å². The number of hydrogen-bond donors (Lipinski definition) is 3. The second kappa shape index (κ2) is 6.46. The van der Waals surface area contributed by atoms with Crippen LogP contribution < -0.4 is 10.6 Å². The lowest BCUT2D eigenvalue weighted by Gasteiger charge is -2.37. The highest BCUT2D eigenvalue weighted by Gasteiger charge is 2.35. The minimum absolute atomic E-state index is 0.252. The van der Waals surface area contributed by atoms with Crippen LogP contribution in [0.3, 0.4) is 0 Å². The summed E-state index contributed by atoms with van der Waals surface area (Å²) in [6, 6.07) is 0. The molecule has 0 aromatic rings. The van der Waals surface area contributed by atoms with Gasteiger partial charge in [0.1, 0.15) is 6.10 Å². The number of aliphatic hydroxyl groups is 1. The molecule has 1 aliphatic carbocycles. The van der Waals surface area contributed by atoms with Crippen molar-refractivity contribution in [3.63, 3.8) is 0 Å². The van der Waals surface area contributed by atoms with E-state index >= 15 is 0 Å². The molecule has 2 unspecified atom stereocenters. The normalized spacial score (nSPS) is 23.9. The van der Waals surface area contributed by atoms with Crippen LogP contribution in [0.15, 0.2) is 11.4 Å². The van der Waals surface area contributed by atoms with Crippen LogP contribution in [-0.2, 0) is 0 Å². The van der Waals surface area contributed by atoms with Gasteiger partial charge in [-0.15, -0.1) is 0 Å². The van der Waals surface area contributed by atoms with Crippen molar-refractivity contribution < 1.29 is 5.11 Å². The number of rotatable bonds is 7. The van der Waals surface area contributed by atoms with Gasteiger partial charge in [-0.2, -0.15) is 0 Å². The van der Waals surface area contributed by atoms with Gasteiger partial charge in [-0.05, 0) is 25.2 Å². The van der Waals surface area contributed by atoms with Gasteiger partial charge in [0.05, 0.1) is 5.70 Å². The fourth-order valence-electron chi connectivity index (χ4n) is 2.37. The number of nitrogens with one attached hydrogen (secondary N) is 2. The first-order valence-electron chi connectivity index (χ1n) is 7.26. The van der Waals surface area contributed by atoms with Crippen LogP contribution in [0.4, 0.5) is 0 Å². The van der Waals surface area contributed by atoms with Crippen LogP contribution in [0.5, 0.6) is 0 Å². The van der Waals surface area contributed by atoms with Gasteiger partial charge in [0.15, 0.2) is 0 Å². The summed E-state index contributed by atoms with van der Waals surface area (Å²) >= 11 is 0. The third kappa shape index (κ3) is 4.20. The van der Waals surface area contributed by atoms with Gasteiger partial charge in [-0.25, -0.2) is 0 Å². The first-order valence-corrected chi connectivity index (χ1v) is 7.26. The fourth-order valence-corrected chi connectivity index (χ4v) is 2.37. The summed E-state index contributed by atoms with van der Waals surface area (Å²) in [4.78, 5) is 0. The monoisotopic (exact) mass is 254 g/mol. The molecule has 1 rings (SSSR count). The van der Waals surface area contributed by atoms with E-state index in [1.54, 1.807) is 0 Å². The highest BCUT2D eigenvalue weighted by atomic mass is 16.3. The van der Waals surface area contributed by atoms with Crippen LogP contribution in [0.1, 0.15) is 53.9 Å². The average Bonchev–Trinajstić information content (AvgIpc) is 2.29. The summed E-state index contributed by atoms with van der Waals surface area (Å²) in [5, 5.41) is 16.5. The Hall–Kier alpha value is -0.700. The van der Waals surface area contributed by atoms with Crippen molar-refractivity contribution >= 4 is 0 Å². The molecule has 0 radical (unpaired) electrons. The molecule has 0 bridgehead atoms. The molecule has 0 aromatic heterocycles. The van der Waals surface area contributed by atoms with Crippen molar-refractivity contribution in [2.24, 2.45) is 11.3 Å². The molecule has 0 aromatic carbocycles. The first-order chi connectivity index (χ1) is 8.37. The molecule has 3 nitrogen and oxygen atoms in total. The van der Waals surface area contributed by atoms with E-state index in [1.807, 2.05) is 0 Å². The molecule has 0 fully saturated rings. The maximum Gasteiger partial charge on any atom is 0.103 e. The molecule has 3 N–H and O–H groups in total. The largest absolute Gasteiger partial charge is 0.387 e. The summed E-state index contributed by atoms with van der Waals surface area (Å²) in [7, 11) is 0. The van der Waals surface area contributed by atoms with Crippen molar-refractivity contribution in [2.45, 2.75) is 60.0 Å². The standard InChI is InChI=1S/C15H30N2O/c1-6-16-13-12(11(2)14(13)18)17-10-8-7-9-15(3,4)5/h11,14,16-18H,6-10H2,1-5H3. The molecule has 0 aliphatic heterocycles. The second-order valence-corrected chi connectivity index (χ2v) is 6.54. The zero-order valence-corrected chi connectivity index (χ0v) is 12.6. The molecule has 3 heteroatoms. The van der Waals surface area contributed by atoms with Crippen molar-refractivity contribution in [3.05, 3.63) is 11.4 Å². The highest BCUT2D eigenvalue weighted by Crippen LogP contribution is 2.31. The molecule has 0 heterocycles. The molecule has 0 saturated heterocycles. The Kier molecular flexibility index (Phi) is 5.51. The summed E-state index contributed by atoms with van der Waals surface area (Å²) < 4.78 is 0. The van der Waals surface area contributed by atoms with Crippen molar-refractivity contribution in [3.8, 4) is 0 Å². The summed E-state index contributed by atoms with van der Waals surface area (Å²) in [6.45, 7) is 12.9. The predicted molar refractivity (Wildman–Crippen MR) is 77.2 cm³/mol. The molecule has 1 aliphatic rings. The van der Waals surface area contributed by atoms with Crippen LogP contribution in [0, 0.1) is 11.3 Å². The molecule has 106 valence electrons. The van der Waals surface area contributed by atoms with Crippen molar-refractivity contribution in [2.75, 3.05) is 13.1 Å². The van der Waals surface area contributed by atoms with E-state index in [4.69, 9.17) is 0 Å². The number of hydrogen-bond acceptors (Lipinski definition) is 3. The van der Waals surface area contributed by atoms with E-state index in [1.165, 1.54) is 25.0 Å². The van der Waals surface area contributed by atoms with Crippen LogP contribution in [-0.4, -0.2) is 24.3 Å². The maximum atomic E-state index is 9.83. The van der Waals surface area contributed by atoms with Crippen LogP contribution in [0.2, 0.25) is 0 Å². The zero-order chi connectivity index (χ0) is 13.8. The summed E-state index contributed by atoms with van der Waals surface area (Å²) in [5.74, 6) is 0.252. The molecule has 0 amide bonds. The highest BCUT2D eigenvalue weighted by molar-refractivity contribution is 5.30. The molecular formula is C15H30N2O. The van der Waals surface area contributed by atoms with E-state index in [2.05, 4.69) is 45.3 Å². The molecular weight excluding hydrogens is 224 g/mol. The Bertz CT molecular complexity index is 291. The Labute approximate surface area is 112 Å². The first kappa shape index (κ1) is 15.4. The number of unbranched alkanes of at least 4 members (excludes halogenated alkanes) is 1. The zero-order valence-electron chi connectivity index (χ0n) is 12.6. The second-order valence-electron chi connectivity index (χ2n) is 6.54. The minimum atomic E-state index is -0.304. The number of likely N-dealkylation sites (N-methyl/N-ethyl adjacent to an activating group) is 1. The van der Waals surface area contributed by atoms with Crippen LogP contribution >= 0.6 is 0 Å². The van der Waals surface area contributed by atoms with E-state index in [0.29, 0.717) is 5.41 Å². The third-order valence-electron chi connectivity index (χ3n) is 3.55. The van der Waals surface area contributed by atoms with Gasteiger partial charge in [-0.3, -0.25) is 0 Å². The Morgan fingerprint density at radius 3 is 2.33 bits per heavy atom. The van der Waals surface area contributed by atoms with E-state index < -0.39 is 0 Å². The van der Waals surface area contributed by atoms with Gasteiger partial charge in [-0.1, -0.05) is 34.1 Å². The van der Waals surface area contributed by atoms with E-state index in [9.17, 15) is 5.11 Å². The van der Waals surface area contributed by atoms with E-state index in [-0.39, 0.29) is 12.0 Å². The SMILES string of the molecule is CCNC1=C(NCCCCC(C)(C)C)C(C)C1O. The van der Waals surface area contributed by atoms with Crippen molar-refractivity contribution in [1.29, 1.82) is 0 Å². The smallest absolute Gasteiger partial charge is 0.103 e. The van der Waals surface area contributed by atoms with Gasteiger partial charge in [0.2, 0.25) is 0 Å². The predicted octanol–water partition coefficient (Wildman–Crippen LogP) is 2.62. The van der Waals surface area contributed by atoms with Crippen molar-refractivity contribution in [1.82, 2.24) is 10.6 Å². The topological polar surface area (TPSA) is 44.3 Å². The van der Waals surface area contributed by atoms with Gasteiger partial charge in [0.25, 0.3) is 0 Å². The molecule has 0 spiro atoms. The Morgan fingerprint density at radius 1 is 1.11 bits per heavy atom. The van der Waals surface area contributed by atoms with Gasteiger partial charge < -0.3 is 15.7 Å². The summed E-state index contributed by atoms with van der Waals surface area (Å²) in [5.41, 5.74) is 2.65. The number of aliphatic hydroxyl groups excluding tert-OH is 1.